The molecule has 0 saturated carbocycles. The van der Waals surface area contributed by atoms with Crippen molar-refractivity contribution in [3.63, 3.8) is 0 Å². The van der Waals surface area contributed by atoms with Gasteiger partial charge in [-0.05, 0) is 81.9 Å². The maximum atomic E-state index is 4.84. The SMILES string of the molecule is c1ccc(-n2c3ccccc3c3ccc(C4(c5ccc6c7ccccc7n(-c7ccccn7)c6c5)c5ccccc5-c5ccccc54)cc32)nc1. The van der Waals surface area contributed by atoms with Gasteiger partial charge in [-0.25, -0.2) is 9.97 Å². The molecule has 6 aromatic carbocycles. The zero-order valence-corrected chi connectivity index (χ0v) is 27.6. The third-order valence-corrected chi connectivity index (χ3v) is 10.9. The molecule has 0 saturated heterocycles. The van der Waals surface area contributed by atoms with Gasteiger partial charge in [0.05, 0.1) is 27.5 Å². The molecule has 0 N–H and O–H groups in total. The zero-order chi connectivity index (χ0) is 33.5. The number of benzene rings is 6. The highest BCUT2D eigenvalue weighted by molar-refractivity contribution is 6.11. The number of rotatable bonds is 4. The standard InChI is InChI=1S/C47H30N4/c1-5-17-39-33(13-1)34-14-2-6-18-40(34)47(39,31-23-25-37-35-15-3-7-19-41(35)50(43(37)29-31)45-21-9-11-27-48-45)32-24-26-38-36-16-4-8-20-42(36)51(44(38)30-32)46-22-10-12-28-49-46/h1-30H. The molecule has 1 aliphatic rings. The lowest BCUT2D eigenvalue weighted by Gasteiger charge is -2.34. The summed E-state index contributed by atoms with van der Waals surface area (Å²) in [7, 11) is 0. The van der Waals surface area contributed by atoms with Crippen LogP contribution in [0.5, 0.6) is 0 Å². The molecular weight excluding hydrogens is 621 g/mol. The van der Waals surface area contributed by atoms with Crippen molar-refractivity contribution >= 4 is 43.6 Å². The highest BCUT2D eigenvalue weighted by atomic mass is 15.1. The van der Waals surface area contributed by atoms with Crippen LogP contribution in [0, 0.1) is 0 Å². The molecule has 0 aliphatic heterocycles. The van der Waals surface area contributed by atoms with Gasteiger partial charge in [0.1, 0.15) is 11.6 Å². The summed E-state index contributed by atoms with van der Waals surface area (Å²) >= 11 is 0. The van der Waals surface area contributed by atoms with Gasteiger partial charge >= 0.3 is 0 Å². The number of nitrogens with zero attached hydrogens (tertiary/aromatic N) is 4. The molecule has 238 valence electrons. The second kappa shape index (κ2) is 10.6. The molecule has 0 spiro atoms. The topological polar surface area (TPSA) is 35.6 Å². The third kappa shape index (κ3) is 3.79. The predicted octanol–water partition coefficient (Wildman–Crippen LogP) is 11.0. The maximum Gasteiger partial charge on any atom is 0.137 e. The molecule has 11 rings (SSSR count). The maximum absolute atomic E-state index is 4.84. The van der Waals surface area contributed by atoms with E-state index in [0.717, 1.165) is 33.7 Å². The van der Waals surface area contributed by atoms with Crippen molar-refractivity contribution in [2.24, 2.45) is 0 Å². The third-order valence-electron chi connectivity index (χ3n) is 10.9. The second-order valence-electron chi connectivity index (χ2n) is 13.4. The monoisotopic (exact) mass is 650 g/mol. The van der Waals surface area contributed by atoms with E-state index in [9.17, 15) is 0 Å². The highest BCUT2D eigenvalue weighted by Gasteiger charge is 2.46. The smallest absolute Gasteiger partial charge is 0.137 e. The number of hydrogen-bond acceptors (Lipinski definition) is 2. The van der Waals surface area contributed by atoms with Gasteiger partial charge in [-0.3, -0.25) is 9.13 Å². The Bertz CT molecular complexity index is 2770. The molecule has 4 aromatic heterocycles. The summed E-state index contributed by atoms with van der Waals surface area (Å²) < 4.78 is 4.63. The Morgan fingerprint density at radius 3 is 1.24 bits per heavy atom. The van der Waals surface area contributed by atoms with Crippen molar-refractivity contribution in [2.75, 3.05) is 0 Å². The molecule has 0 amide bonds. The zero-order valence-electron chi connectivity index (χ0n) is 27.6. The number of pyridine rings is 2. The van der Waals surface area contributed by atoms with Gasteiger partial charge in [0.15, 0.2) is 0 Å². The van der Waals surface area contributed by atoms with Gasteiger partial charge in [-0.15, -0.1) is 0 Å². The Labute approximate surface area is 294 Å². The normalized spacial score (nSPS) is 13.3. The lowest BCUT2D eigenvalue weighted by atomic mass is 9.67. The van der Waals surface area contributed by atoms with Crippen LogP contribution in [0.1, 0.15) is 22.3 Å². The summed E-state index contributed by atoms with van der Waals surface area (Å²) in [6, 6.07) is 61.7. The van der Waals surface area contributed by atoms with Crippen LogP contribution < -0.4 is 0 Å². The van der Waals surface area contributed by atoms with Crippen LogP contribution in [0.2, 0.25) is 0 Å². The van der Waals surface area contributed by atoms with Gasteiger partial charge in [-0.1, -0.05) is 121 Å². The minimum absolute atomic E-state index is 0.591. The van der Waals surface area contributed by atoms with Crippen molar-refractivity contribution in [3.05, 3.63) is 205 Å². The summed E-state index contributed by atoms with van der Waals surface area (Å²) in [4.78, 5) is 9.69. The van der Waals surface area contributed by atoms with Crippen LogP contribution in [-0.4, -0.2) is 19.1 Å². The van der Waals surface area contributed by atoms with Gasteiger partial charge in [-0.2, -0.15) is 0 Å². The second-order valence-corrected chi connectivity index (χ2v) is 13.4. The molecule has 51 heavy (non-hydrogen) atoms. The molecule has 10 aromatic rings. The lowest BCUT2D eigenvalue weighted by molar-refractivity contribution is 0.770. The van der Waals surface area contributed by atoms with E-state index in [0.29, 0.717) is 0 Å². The average molecular weight is 651 g/mol. The van der Waals surface area contributed by atoms with E-state index in [-0.39, 0.29) is 0 Å². The first-order chi connectivity index (χ1) is 25.3. The van der Waals surface area contributed by atoms with E-state index in [1.54, 1.807) is 0 Å². The van der Waals surface area contributed by atoms with Crippen molar-refractivity contribution in [1.82, 2.24) is 19.1 Å². The van der Waals surface area contributed by atoms with E-state index in [4.69, 9.17) is 9.97 Å². The first-order valence-electron chi connectivity index (χ1n) is 17.4. The van der Waals surface area contributed by atoms with Crippen molar-refractivity contribution in [3.8, 4) is 22.8 Å². The fourth-order valence-electron chi connectivity index (χ4n) is 8.90. The van der Waals surface area contributed by atoms with E-state index >= 15 is 0 Å². The Morgan fingerprint density at radius 1 is 0.353 bits per heavy atom. The van der Waals surface area contributed by atoms with Crippen LogP contribution in [0.4, 0.5) is 0 Å². The van der Waals surface area contributed by atoms with Gasteiger partial charge in [0.2, 0.25) is 0 Å². The summed E-state index contributed by atoms with van der Waals surface area (Å²) in [5.41, 5.74) is 11.5. The van der Waals surface area contributed by atoms with E-state index in [1.165, 1.54) is 54.9 Å². The van der Waals surface area contributed by atoms with Gasteiger partial charge < -0.3 is 0 Å². The number of aromatic nitrogens is 4. The van der Waals surface area contributed by atoms with E-state index < -0.39 is 5.41 Å². The Kier molecular flexibility index (Phi) is 5.84. The number of fused-ring (bicyclic) bond motifs is 9. The predicted molar refractivity (Wildman–Crippen MR) is 208 cm³/mol. The van der Waals surface area contributed by atoms with Crippen LogP contribution in [0.15, 0.2) is 182 Å². The summed E-state index contributed by atoms with van der Waals surface area (Å²) in [5.74, 6) is 1.81. The molecule has 4 heterocycles. The molecule has 0 atom stereocenters. The van der Waals surface area contributed by atoms with Crippen molar-refractivity contribution in [1.29, 1.82) is 0 Å². The van der Waals surface area contributed by atoms with E-state index in [2.05, 4.69) is 167 Å². The van der Waals surface area contributed by atoms with Crippen molar-refractivity contribution in [2.45, 2.75) is 5.41 Å². The van der Waals surface area contributed by atoms with Crippen LogP contribution in [0.25, 0.3) is 66.4 Å². The number of para-hydroxylation sites is 2. The van der Waals surface area contributed by atoms with Gasteiger partial charge in [0.25, 0.3) is 0 Å². The molecule has 0 fully saturated rings. The van der Waals surface area contributed by atoms with Crippen LogP contribution >= 0.6 is 0 Å². The molecule has 0 unspecified atom stereocenters. The van der Waals surface area contributed by atoms with Crippen LogP contribution in [0.3, 0.4) is 0 Å². The first kappa shape index (κ1) is 28.1. The number of hydrogen-bond donors (Lipinski definition) is 0. The summed E-state index contributed by atoms with van der Waals surface area (Å²) in [5, 5.41) is 4.85. The summed E-state index contributed by atoms with van der Waals surface area (Å²) in [6.45, 7) is 0. The highest BCUT2D eigenvalue weighted by Crippen LogP contribution is 2.57. The summed E-state index contributed by atoms with van der Waals surface area (Å²) in [6.07, 6.45) is 3.75. The van der Waals surface area contributed by atoms with Crippen molar-refractivity contribution < 1.29 is 0 Å². The molecule has 4 nitrogen and oxygen atoms in total. The molecular formula is C47H30N4. The average Bonchev–Trinajstić information content (AvgIpc) is 3.82. The van der Waals surface area contributed by atoms with Crippen LogP contribution in [-0.2, 0) is 5.41 Å². The Morgan fingerprint density at radius 2 is 0.765 bits per heavy atom. The quantitative estimate of drug-likeness (QED) is 0.190. The molecule has 1 aliphatic carbocycles. The minimum Gasteiger partial charge on any atom is -0.294 e. The molecule has 0 radical (unpaired) electrons. The Hall–Kier alpha value is -6.78. The fraction of sp³-hybridized carbons (Fsp3) is 0.0213. The fourth-order valence-corrected chi connectivity index (χ4v) is 8.90. The largest absolute Gasteiger partial charge is 0.294 e. The first-order valence-corrected chi connectivity index (χ1v) is 17.4. The van der Waals surface area contributed by atoms with Gasteiger partial charge in [0, 0.05) is 33.9 Å². The van der Waals surface area contributed by atoms with E-state index in [1.807, 2.05) is 24.5 Å². The Balaban J connectivity index is 1.29. The lowest BCUT2D eigenvalue weighted by Crippen LogP contribution is -2.28. The molecule has 4 heteroatoms. The molecule has 0 bridgehead atoms. The minimum atomic E-state index is -0.591.